The van der Waals surface area contributed by atoms with Crippen LogP contribution in [0.15, 0.2) is 59.8 Å². The molecule has 0 aromatic heterocycles. The highest BCUT2D eigenvalue weighted by atomic mass is 32.1. The van der Waals surface area contributed by atoms with Gasteiger partial charge in [0.15, 0.2) is 5.11 Å². The Labute approximate surface area is 175 Å². The third-order valence-corrected chi connectivity index (χ3v) is 4.90. The van der Waals surface area contributed by atoms with Crippen molar-refractivity contribution in [3.8, 4) is 5.75 Å². The molecule has 2 aromatic carbocycles. The molecule has 29 heavy (non-hydrogen) atoms. The van der Waals surface area contributed by atoms with Crippen molar-refractivity contribution < 1.29 is 18.7 Å². The number of carbonyl (C=O) groups is 1. The van der Waals surface area contributed by atoms with Gasteiger partial charge in [0.1, 0.15) is 11.6 Å². The number of esters is 1. The van der Waals surface area contributed by atoms with Gasteiger partial charge in [-0.2, -0.15) is 0 Å². The molecule has 0 unspecified atom stereocenters. The summed E-state index contributed by atoms with van der Waals surface area (Å²) in [6, 6.07) is 12.9. The van der Waals surface area contributed by atoms with E-state index in [9.17, 15) is 9.18 Å². The molecule has 0 amide bonds. The molecule has 3 rings (SSSR count). The SMILES string of the molecule is CCOC(=O)C1=C(C)N(c2ccc(F)cc2)C(=S)N[C@H]1c1ccccc1OCC. The van der Waals surface area contributed by atoms with Gasteiger partial charge in [0, 0.05) is 16.9 Å². The molecular weight excluding hydrogens is 391 g/mol. The monoisotopic (exact) mass is 414 g/mol. The maximum atomic E-state index is 13.4. The van der Waals surface area contributed by atoms with Crippen molar-refractivity contribution in [1.82, 2.24) is 5.32 Å². The number of ether oxygens (including phenoxy) is 2. The summed E-state index contributed by atoms with van der Waals surface area (Å²) >= 11 is 5.60. The van der Waals surface area contributed by atoms with E-state index in [1.807, 2.05) is 31.2 Å². The lowest BCUT2D eigenvalue weighted by Crippen LogP contribution is -2.48. The van der Waals surface area contributed by atoms with E-state index in [2.05, 4.69) is 5.32 Å². The molecular formula is C22H23FN2O3S. The minimum atomic E-state index is -0.527. The van der Waals surface area contributed by atoms with Crippen molar-refractivity contribution in [1.29, 1.82) is 0 Å². The molecule has 5 nitrogen and oxygen atoms in total. The zero-order valence-electron chi connectivity index (χ0n) is 16.6. The summed E-state index contributed by atoms with van der Waals surface area (Å²) in [5.74, 6) is -0.121. The summed E-state index contributed by atoms with van der Waals surface area (Å²) in [7, 11) is 0. The number of nitrogens with one attached hydrogen (secondary N) is 1. The van der Waals surface area contributed by atoms with E-state index in [0.29, 0.717) is 34.4 Å². The predicted molar refractivity (Wildman–Crippen MR) is 114 cm³/mol. The molecule has 7 heteroatoms. The molecule has 1 N–H and O–H groups in total. The first-order valence-corrected chi connectivity index (χ1v) is 9.84. The van der Waals surface area contributed by atoms with E-state index in [0.717, 1.165) is 5.56 Å². The van der Waals surface area contributed by atoms with Crippen LogP contribution in [0.4, 0.5) is 10.1 Å². The smallest absolute Gasteiger partial charge is 0.338 e. The molecule has 0 saturated carbocycles. The third-order valence-electron chi connectivity index (χ3n) is 4.59. The number of rotatable bonds is 6. The number of anilines is 1. The minimum absolute atomic E-state index is 0.246. The van der Waals surface area contributed by atoms with Crippen LogP contribution in [-0.2, 0) is 9.53 Å². The third kappa shape index (κ3) is 4.24. The normalized spacial score (nSPS) is 16.5. The molecule has 0 aliphatic carbocycles. The van der Waals surface area contributed by atoms with E-state index in [4.69, 9.17) is 21.7 Å². The maximum absolute atomic E-state index is 13.4. The number of nitrogens with zero attached hydrogens (tertiary/aromatic N) is 1. The minimum Gasteiger partial charge on any atom is -0.494 e. The predicted octanol–water partition coefficient (Wildman–Crippen LogP) is 4.50. The molecule has 1 atom stereocenters. The van der Waals surface area contributed by atoms with Crippen LogP contribution in [0, 0.1) is 5.82 Å². The van der Waals surface area contributed by atoms with Gasteiger partial charge in [0.25, 0.3) is 0 Å². The Kier molecular flexibility index (Phi) is 6.49. The lowest BCUT2D eigenvalue weighted by atomic mass is 9.94. The average molecular weight is 415 g/mol. The molecule has 0 radical (unpaired) electrons. The van der Waals surface area contributed by atoms with Gasteiger partial charge in [0.05, 0.1) is 24.8 Å². The molecule has 0 fully saturated rings. The van der Waals surface area contributed by atoms with Gasteiger partial charge >= 0.3 is 5.97 Å². The summed E-state index contributed by atoms with van der Waals surface area (Å²) in [6.45, 7) is 6.21. The van der Waals surface area contributed by atoms with E-state index in [1.165, 1.54) is 12.1 Å². The molecule has 2 aromatic rings. The van der Waals surface area contributed by atoms with Gasteiger partial charge in [-0.05, 0) is 63.3 Å². The Morgan fingerprint density at radius 3 is 2.48 bits per heavy atom. The zero-order valence-corrected chi connectivity index (χ0v) is 17.4. The molecule has 0 spiro atoms. The van der Waals surface area contributed by atoms with E-state index < -0.39 is 12.0 Å². The number of benzene rings is 2. The van der Waals surface area contributed by atoms with E-state index in [1.54, 1.807) is 30.9 Å². The summed E-state index contributed by atoms with van der Waals surface area (Å²) in [5, 5.41) is 3.64. The molecule has 0 saturated heterocycles. The second-order valence-corrected chi connectivity index (χ2v) is 6.77. The Hall–Kier alpha value is -2.93. The van der Waals surface area contributed by atoms with E-state index >= 15 is 0 Å². The highest BCUT2D eigenvalue weighted by Crippen LogP contribution is 2.37. The summed E-state index contributed by atoms with van der Waals surface area (Å²) in [4.78, 5) is 14.6. The van der Waals surface area contributed by atoms with Gasteiger partial charge in [-0.15, -0.1) is 0 Å². The Balaban J connectivity index is 2.14. The zero-order chi connectivity index (χ0) is 21.0. The first-order valence-electron chi connectivity index (χ1n) is 9.43. The number of carbonyl (C=O) groups excluding carboxylic acids is 1. The van der Waals surface area contributed by atoms with Gasteiger partial charge in [-0.1, -0.05) is 18.2 Å². The molecule has 0 bridgehead atoms. The average Bonchev–Trinajstić information content (AvgIpc) is 2.70. The fraction of sp³-hybridized carbons (Fsp3) is 0.273. The van der Waals surface area contributed by atoms with E-state index in [-0.39, 0.29) is 12.4 Å². The lowest BCUT2D eigenvalue weighted by molar-refractivity contribution is -0.139. The van der Waals surface area contributed by atoms with Crippen LogP contribution in [-0.4, -0.2) is 24.3 Å². The highest BCUT2D eigenvalue weighted by Gasteiger charge is 2.36. The number of allylic oxidation sites excluding steroid dienone is 1. The molecule has 1 aliphatic rings. The highest BCUT2D eigenvalue weighted by molar-refractivity contribution is 7.80. The molecule has 1 heterocycles. The second-order valence-electron chi connectivity index (χ2n) is 6.38. The van der Waals surface area contributed by atoms with Crippen LogP contribution in [0.5, 0.6) is 5.75 Å². The fourth-order valence-electron chi connectivity index (χ4n) is 3.36. The van der Waals surface area contributed by atoms with Gasteiger partial charge in [-0.3, -0.25) is 4.90 Å². The summed E-state index contributed by atoms with van der Waals surface area (Å²) in [5.41, 5.74) is 2.49. The van der Waals surface area contributed by atoms with Crippen LogP contribution < -0.4 is 15.0 Å². The van der Waals surface area contributed by atoms with Crippen molar-refractivity contribution >= 4 is 29.0 Å². The fourth-order valence-corrected chi connectivity index (χ4v) is 3.72. The number of thiocarbonyl (C=S) groups is 1. The summed E-state index contributed by atoms with van der Waals surface area (Å²) in [6.07, 6.45) is 0. The summed E-state index contributed by atoms with van der Waals surface area (Å²) < 4.78 is 24.5. The number of halogens is 1. The van der Waals surface area contributed by atoms with Crippen molar-refractivity contribution in [2.75, 3.05) is 18.1 Å². The van der Waals surface area contributed by atoms with Crippen molar-refractivity contribution in [3.05, 3.63) is 71.2 Å². The second kappa shape index (κ2) is 9.05. The van der Waals surface area contributed by atoms with Crippen molar-refractivity contribution in [2.45, 2.75) is 26.8 Å². The topological polar surface area (TPSA) is 50.8 Å². The van der Waals surface area contributed by atoms with Crippen molar-refractivity contribution in [3.63, 3.8) is 0 Å². The molecule has 1 aliphatic heterocycles. The van der Waals surface area contributed by atoms with Gasteiger partial charge in [-0.25, -0.2) is 9.18 Å². The Morgan fingerprint density at radius 1 is 1.14 bits per heavy atom. The van der Waals surface area contributed by atoms with Gasteiger partial charge < -0.3 is 14.8 Å². The first-order chi connectivity index (χ1) is 14.0. The Morgan fingerprint density at radius 2 is 1.83 bits per heavy atom. The standard InChI is InChI=1S/C22H23FN2O3S/c1-4-27-18-9-7-6-8-17(18)20-19(21(26)28-5-2)14(3)25(22(29)24-20)16-12-10-15(23)11-13-16/h6-13,20H,4-5H2,1-3H3,(H,24,29)/t20-/m0/s1. The largest absolute Gasteiger partial charge is 0.494 e. The van der Waals surface area contributed by atoms with Crippen LogP contribution in [0.1, 0.15) is 32.4 Å². The maximum Gasteiger partial charge on any atom is 0.338 e. The first kappa shape index (κ1) is 20.8. The lowest BCUT2D eigenvalue weighted by Gasteiger charge is -2.37. The van der Waals surface area contributed by atoms with Crippen LogP contribution in [0.3, 0.4) is 0 Å². The number of hydrogen-bond donors (Lipinski definition) is 1. The quantitative estimate of drug-likeness (QED) is 0.555. The van der Waals surface area contributed by atoms with Crippen LogP contribution in [0.25, 0.3) is 0 Å². The van der Waals surface area contributed by atoms with Crippen LogP contribution in [0.2, 0.25) is 0 Å². The van der Waals surface area contributed by atoms with Gasteiger partial charge in [0.2, 0.25) is 0 Å². The number of para-hydroxylation sites is 1. The van der Waals surface area contributed by atoms with Crippen LogP contribution >= 0.6 is 12.2 Å². The van der Waals surface area contributed by atoms with Crippen molar-refractivity contribution in [2.24, 2.45) is 0 Å². The number of hydrogen-bond acceptors (Lipinski definition) is 4. The Bertz CT molecular complexity index is 943. The molecule has 152 valence electrons.